The van der Waals surface area contributed by atoms with Crippen molar-refractivity contribution in [3.63, 3.8) is 0 Å². The summed E-state index contributed by atoms with van der Waals surface area (Å²) < 4.78 is 0. The van der Waals surface area contributed by atoms with E-state index >= 15 is 0 Å². The average Bonchev–Trinajstić information content (AvgIpc) is 2.19. The Balaban J connectivity index is 2.86. The third kappa shape index (κ3) is 0.821. The van der Waals surface area contributed by atoms with Gasteiger partial charge in [0.15, 0.2) is 11.4 Å². The lowest BCUT2D eigenvalue weighted by Gasteiger charge is -2.09. The van der Waals surface area contributed by atoms with E-state index in [4.69, 9.17) is 6.42 Å². The smallest absolute Gasteiger partial charge is 0.198 e. The van der Waals surface area contributed by atoms with Crippen molar-refractivity contribution in [2.75, 3.05) is 6.54 Å². The van der Waals surface area contributed by atoms with E-state index in [2.05, 4.69) is 11.2 Å². The van der Waals surface area contributed by atoms with Crippen molar-refractivity contribution < 1.29 is 9.90 Å². The summed E-state index contributed by atoms with van der Waals surface area (Å²) in [6, 6.07) is -0.318. The number of carbonyl (C=O) groups is 1. The molecule has 0 aromatic heterocycles. The number of terminal acetylenes is 1. The quantitative estimate of drug-likeness (QED) is 0.419. The van der Waals surface area contributed by atoms with E-state index in [1.165, 1.54) is 0 Å². The van der Waals surface area contributed by atoms with Gasteiger partial charge in [-0.15, -0.1) is 6.42 Å². The number of rotatable bonds is 0. The summed E-state index contributed by atoms with van der Waals surface area (Å²) in [4.78, 5) is 11.0. The number of β-amino-alcohol motifs (C(OH)–C–C–N with tert-alkyl or cyclic N) is 1. The summed E-state index contributed by atoms with van der Waals surface area (Å²) in [5.41, 5.74) is -1.56. The predicted octanol–water partition coefficient (Wildman–Crippen LogP) is -1.09. The summed E-state index contributed by atoms with van der Waals surface area (Å²) in [5, 5.41) is 12.1. The van der Waals surface area contributed by atoms with Crippen LogP contribution in [-0.2, 0) is 4.79 Å². The van der Waals surface area contributed by atoms with Crippen LogP contribution in [0.15, 0.2) is 0 Å². The molecular formula is C7H9NO2. The maximum Gasteiger partial charge on any atom is 0.198 e. The third-order valence-electron chi connectivity index (χ3n) is 1.70. The Hall–Kier alpha value is -0.850. The van der Waals surface area contributed by atoms with E-state index in [1.807, 2.05) is 0 Å². The van der Waals surface area contributed by atoms with E-state index in [-0.39, 0.29) is 18.4 Å². The van der Waals surface area contributed by atoms with Gasteiger partial charge in [0.05, 0.1) is 6.04 Å². The number of hydrogen-bond donors (Lipinski definition) is 2. The molecule has 0 amide bonds. The molecular weight excluding hydrogens is 130 g/mol. The van der Waals surface area contributed by atoms with Crippen LogP contribution < -0.4 is 5.32 Å². The van der Waals surface area contributed by atoms with Crippen molar-refractivity contribution >= 4 is 5.78 Å². The number of carbonyl (C=O) groups excluding carboxylic acids is 1. The molecule has 3 nitrogen and oxygen atoms in total. The van der Waals surface area contributed by atoms with Crippen LogP contribution in [0, 0.1) is 12.3 Å². The van der Waals surface area contributed by atoms with Crippen molar-refractivity contribution in [3.05, 3.63) is 0 Å². The monoisotopic (exact) mass is 139 g/mol. The fraction of sp³-hybridized carbons (Fsp3) is 0.571. The second kappa shape index (κ2) is 2.08. The first-order valence-electron chi connectivity index (χ1n) is 3.08. The molecule has 0 aliphatic carbocycles. The van der Waals surface area contributed by atoms with Crippen molar-refractivity contribution in [2.45, 2.75) is 18.6 Å². The van der Waals surface area contributed by atoms with Crippen LogP contribution in [0.2, 0.25) is 0 Å². The number of Topliss-reactive ketones (excluding diaryl/α,β-unsaturated/α-hetero) is 1. The second-order valence-electron chi connectivity index (χ2n) is 2.47. The fourth-order valence-corrected chi connectivity index (χ4v) is 0.961. The van der Waals surface area contributed by atoms with Crippen molar-refractivity contribution in [1.29, 1.82) is 0 Å². The van der Waals surface area contributed by atoms with Crippen LogP contribution in [0.5, 0.6) is 0 Å². The van der Waals surface area contributed by atoms with Gasteiger partial charge in [0.25, 0.3) is 0 Å². The summed E-state index contributed by atoms with van der Waals surface area (Å²) in [5.74, 6) is 1.75. The van der Waals surface area contributed by atoms with Crippen molar-refractivity contribution in [3.8, 4) is 12.3 Å². The molecule has 0 aromatic rings. The highest BCUT2D eigenvalue weighted by atomic mass is 16.3. The zero-order valence-electron chi connectivity index (χ0n) is 5.72. The Bertz CT molecular complexity index is 206. The SMILES string of the molecule is C#C[C@]1(O)CNC(C)C1=O. The zero-order valence-corrected chi connectivity index (χ0v) is 5.72. The Labute approximate surface area is 59.4 Å². The third-order valence-corrected chi connectivity index (χ3v) is 1.70. The molecule has 1 fully saturated rings. The second-order valence-corrected chi connectivity index (χ2v) is 2.47. The molecule has 1 unspecified atom stereocenters. The first-order chi connectivity index (χ1) is 4.60. The Morgan fingerprint density at radius 2 is 2.60 bits per heavy atom. The minimum Gasteiger partial charge on any atom is -0.370 e. The maximum absolute atomic E-state index is 11.0. The number of hydrogen-bond acceptors (Lipinski definition) is 3. The van der Waals surface area contributed by atoms with E-state index in [1.54, 1.807) is 6.92 Å². The standard InChI is InChI=1S/C7H9NO2/c1-3-7(10)4-8-5(2)6(7)9/h1,5,8,10H,4H2,2H3/t5?,7-/m0/s1. The molecule has 2 N–H and O–H groups in total. The largest absolute Gasteiger partial charge is 0.370 e. The lowest BCUT2D eigenvalue weighted by atomic mass is 10.0. The Morgan fingerprint density at radius 1 is 2.00 bits per heavy atom. The highest BCUT2D eigenvalue weighted by molar-refractivity contribution is 5.96. The van der Waals surface area contributed by atoms with Crippen LogP contribution in [0.4, 0.5) is 0 Å². The van der Waals surface area contributed by atoms with Crippen molar-refractivity contribution in [2.24, 2.45) is 0 Å². The van der Waals surface area contributed by atoms with Gasteiger partial charge in [-0.05, 0) is 6.92 Å². The Morgan fingerprint density at radius 3 is 2.80 bits per heavy atom. The van der Waals surface area contributed by atoms with E-state index in [9.17, 15) is 9.90 Å². The van der Waals surface area contributed by atoms with Gasteiger partial charge >= 0.3 is 0 Å². The summed E-state index contributed by atoms with van der Waals surface area (Å²) in [6.45, 7) is 1.85. The average molecular weight is 139 g/mol. The van der Waals surface area contributed by atoms with Gasteiger partial charge in [0, 0.05) is 6.54 Å². The van der Waals surface area contributed by atoms with Crippen LogP contribution in [-0.4, -0.2) is 29.1 Å². The molecule has 1 heterocycles. The summed E-state index contributed by atoms with van der Waals surface area (Å²) in [7, 11) is 0. The molecule has 0 aromatic carbocycles. The summed E-state index contributed by atoms with van der Waals surface area (Å²) in [6.07, 6.45) is 4.96. The van der Waals surface area contributed by atoms with Gasteiger partial charge in [-0.25, -0.2) is 0 Å². The van der Waals surface area contributed by atoms with Gasteiger partial charge in [-0.1, -0.05) is 5.92 Å². The van der Waals surface area contributed by atoms with Gasteiger partial charge in [-0.3, -0.25) is 4.79 Å². The molecule has 0 spiro atoms. The van der Waals surface area contributed by atoms with Crippen LogP contribution in [0.25, 0.3) is 0 Å². The molecule has 3 heteroatoms. The number of aliphatic hydroxyl groups is 1. The van der Waals surface area contributed by atoms with Gasteiger partial charge < -0.3 is 10.4 Å². The molecule has 1 saturated heterocycles. The van der Waals surface area contributed by atoms with Crippen molar-refractivity contribution in [1.82, 2.24) is 5.32 Å². The highest BCUT2D eigenvalue weighted by Gasteiger charge is 2.42. The highest BCUT2D eigenvalue weighted by Crippen LogP contribution is 2.12. The number of nitrogens with one attached hydrogen (secondary N) is 1. The molecule has 2 atom stereocenters. The van der Waals surface area contributed by atoms with Gasteiger partial charge in [0.2, 0.25) is 0 Å². The maximum atomic E-state index is 11.0. The fourth-order valence-electron chi connectivity index (χ4n) is 0.961. The predicted molar refractivity (Wildman–Crippen MR) is 36.3 cm³/mol. The van der Waals surface area contributed by atoms with Crippen LogP contribution in [0.3, 0.4) is 0 Å². The lowest BCUT2D eigenvalue weighted by Crippen LogP contribution is -2.37. The molecule has 1 rings (SSSR count). The molecule has 54 valence electrons. The zero-order chi connectivity index (χ0) is 7.78. The molecule has 0 radical (unpaired) electrons. The molecule has 0 bridgehead atoms. The molecule has 0 saturated carbocycles. The molecule has 10 heavy (non-hydrogen) atoms. The van der Waals surface area contributed by atoms with Crippen LogP contribution in [0.1, 0.15) is 6.92 Å². The first kappa shape index (κ1) is 7.26. The van der Waals surface area contributed by atoms with Gasteiger partial charge in [-0.2, -0.15) is 0 Å². The van der Waals surface area contributed by atoms with E-state index in [0.717, 1.165) is 0 Å². The topological polar surface area (TPSA) is 49.3 Å². The van der Waals surface area contributed by atoms with Crippen LogP contribution >= 0.6 is 0 Å². The minimum atomic E-state index is -1.56. The van der Waals surface area contributed by atoms with E-state index < -0.39 is 5.60 Å². The number of ketones is 1. The Kier molecular flexibility index (Phi) is 1.51. The molecule has 1 aliphatic rings. The molecule has 1 aliphatic heterocycles. The summed E-state index contributed by atoms with van der Waals surface area (Å²) >= 11 is 0. The van der Waals surface area contributed by atoms with E-state index in [0.29, 0.717) is 0 Å². The first-order valence-corrected chi connectivity index (χ1v) is 3.08. The lowest BCUT2D eigenvalue weighted by molar-refractivity contribution is -0.128. The van der Waals surface area contributed by atoms with Gasteiger partial charge in [0.1, 0.15) is 0 Å². The normalized spacial score (nSPS) is 39.7. The minimum absolute atomic E-state index is 0.170.